The zero-order valence-corrected chi connectivity index (χ0v) is 14.5. The Balaban J connectivity index is 1.79. The predicted molar refractivity (Wildman–Crippen MR) is 95.9 cm³/mol. The Morgan fingerprint density at radius 2 is 2.04 bits per heavy atom. The van der Waals surface area contributed by atoms with Gasteiger partial charge in [0.05, 0.1) is 17.0 Å². The van der Waals surface area contributed by atoms with E-state index in [9.17, 15) is 14.4 Å². The average molecular weight is 369 g/mol. The van der Waals surface area contributed by atoms with Gasteiger partial charge in [-0.1, -0.05) is 24.3 Å². The molecule has 132 valence electrons. The lowest BCUT2D eigenvalue weighted by molar-refractivity contribution is -0.146. The molecule has 4 rings (SSSR count). The normalized spacial score (nSPS) is 20.8. The number of hydrazone groups is 1. The smallest absolute Gasteiger partial charge is 0.303 e. The average Bonchev–Trinajstić information content (AvgIpc) is 3.33. The highest BCUT2D eigenvalue weighted by Crippen LogP contribution is 2.47. The summed E-state index contributed by atoms with van der Waals surface area (Å²) in [4.78, 5) is 37.4. The first-order valence-electron chi connectivity index (χ1n) is 8.09. The van der Waals surface area contributed by atoms with Gasteiger partial charge in [-0.3, -0.25) is 14.4 Å². The lowest BCUT2D eigenvalue weighted by atomic mass is 9.86. The van der Waals surface area contributed by atoms with E-state index in [1.54, 1.807) is 12.1 Å². The van der Waals surface area contributed by atoms with Gasteiger partial charge >= 0.3 is 5.97 Å². The number of carboxylic acids is 1. The summed E-state index contributed by atoms with van der Waals surface area (Å²) in [6.45, 7) is 0. The van der Waals surface area contributed by atoms with Crippen molar-refractivity contribution >= 4 is 40.5 Å². The molecule has 2 amide bonds. The Kier molecular flexibility index (Phi) is 3.84. The molecule has 0 aliphatic carbocycles. The fraction of sp³-hybridized carbons (Fsp3) is 0.222. The molecule has 2 aliphatic heterocycles. The first-order valence-corrected chi connectivity index (χ1v) is 8.97. The van der Waals surface area contributed by atoms with Gasteiger partial charge in [0.25, 0.3) is 5.91 Å². The van der Waals surface area contributed by atoms with E-state index in [4.69, 9.17) is 5.11 Å². The molecule has 0 fully saturated rings. The van der Waals surface area contributed by atoms with Crippen molar-refractivity contribution in [2.75, 3.05) is 5.32 Å². The number of para-hydroxylation sites is 1. The minimum atomic E-state index is -1.26. The van der Waals surface area contributed by atoms with Gasteiger partial charge in [-0.2, -0.15) is 5.10 Å². The molecule has 1 spiro atoms. The van der Waals surface area contributed by atoms with Crippen LogP contribution in [0.5, 0.6) is 0 Å². The van der Waals surface area contributed by atoms with Crippen molar-refractivity contribution in [1.82, 2.24) is 5.01 Å². The summed E-state index contributed by atoms with van der Waals surface area (Å²) < 4.78 is 0. The highest BCUT2D eigenvalue weighted by Gasteiger charge is 2.57. The molecule has 0 bridgehead atoms. The Morgan fingerprint density at radius 3 is 2.77 bits per heavy atom. The Morgan fingerprint density at radius 1 is 1.23 bits per heavy atom. The van der Waals surface area contributed by atoms with Crippen molar-refractivity contribution in [3.05, 3.63) is 52.2 Å². The van der Waals surface area contributed by atoms with E-state index in [1.807, 2.05) is 29.6 Å². The number of hydrogen-bond acceptors (Lipinski definition) is 5. The summed E-state index contributed by atoms with van der Waals surface area (Å²) in [5.74, 6) is -1.87. The van der Waals surface area contributed by atoms with Crippen LogP contribution in [-0.4, -0.2) is 33.6 Å². The van der Waals surface area contributed by atoms with Crippen molar-refractivity contribution in [3.8, 4) is 0 Å². The fourth-order valence-corrected chi connectivity index (χ4v) is 4.12. The number of thiophene rings is 1. The number of carboxylic acid groups (broad SMARTS) is 1. The zero-order chi connectivity index (χ0) is 18.3. The summed E-state index contributed by atoms with van der Waals surface area (Å²) in [7, 11) is 0. The van der Waals surface area contributed by atoms with E-state index >= 15 is 0 Å². The maximum atomic E-state index is 12.9. The molecule has 0 saturated carbocycles. The Labute approximate surface area is 152 Å². The highest BCUT2D eigenvalue weighted by atomic mass is 32.1. The Bertz CT molecular complexity index is 938. The second kappa shape index (κ2) is 6.06. The van der Waals surface area contributed by atoms with Crippen LogP contribution in [0.4, 0.5) is 5.69 Å². The molecule has 26 heavy (non-hydrogen) atoms. The highest BCUT2D eigenvalue weighted by molar-refractivity contribution is 7.12. The van der Waals surface area contributed by atoms with Crippen LogP contribution in [0.25, 0.3) is 0 Å². The van der Waals surface area contributed by atoms with E-state index in [0.717, 1.165) is 4.88 Å². The number of nitrogens with zero attached hydrogens (tertiary/aromatic N) is 2. The number of amides is 2. The van der Waals surface area contributed by atoms with E-state index in [-0.39, 0.29) is 25.2 Å². The maximum absolute atomic E-state index is 12.9. The van der Waals surface area contributed by atoms with E-state index in [2.05, 4.69) is 10.4 Å². The molecule has 2 aliphatic rings. The van der Waals surface area contributed by atoms with Crippen molar-refractivity contribution in [1.29, 1.82) is 0 Å². The van der Waals surface area contributed by atoms with Crippen LogP contribution in [0, 0.1) is 0 Å². The molecule has 3 heterocycles. The first kappa shape index (κ1) is 16.5. The van der Waals surface area contributed by atoms with Crippen molar-refractivity contribution < 1.29 is 19.5 Å². The van der Waals surface area contributed by atoms with Gasteiger partial charge in [0, 0.05) is 24.1 Å². The molecule has 0 saturated heterocycles. The van der Waals surface area contributed by atoms with Gasteiger partial charge in [0.15, 0.2) is 5.54 Å². The molecule has 1 aromatic heterocycles. The third-order valence-electron chi connectivity index (χ3n) is 4.60. The van der Waals surface area contributed by atoms with E-state index < -0.39 is 17.4 Å². The summed E-state index contributed by atoms with van der Waals surface area (Å²) in [6.07, 6.45) is -0.262. The van der Waals surface area contributed by atoms with E-state index in [0.29, 0.717) is 17.0 Å². The molecule has 1 atom stereocenters. The summed E-state index contributed by atoms with van der Waals surface area (Å²) >= 11 is 1.48. The molecular formula is C18H15N3O4S. The molecule has 7 nitrogen and oxygen atoms in total. The fourth-order valence-electron chi connectivity index (χ4n) is 3.41. The number of carbonyl (C=O) groups is 3. The van der Waals surface area contributed by atoms with Crippen LogP contribution in [0.1, 0.15) is 29.7 Å². The van der Waals surface area contributed by atoms with Crippen molar-refractivity contribution in [2.45, 2.75) is 24.8 Å². The largest absolute Gasteiger partial charge is 0.481 e. The molecule has 8 heteroatoms. The minimum absolute atomic E-state index is 0.215. The zero-order valence-electron chi connectivity index (χ0n) is 13.6. The first-order chi connectivity index (χ1) is 12.5. The molecule has 0 radical (unpaired) electrons. The number of aliphatic carboxylic acids is 1. The van der Waals surface area contributed by atoms with Crippen LogP contribution in [0.3, 0.4) is 0 Å². The van der Waals surface area contributed by atoms with Crippen LogP contribution in [-0.2, 0) is 19.9 Å². The topological polar surface area (TPSA) is 99.1 Å². The SMILES string of the molecule is O=C(O)CCC(=O)N1N=C(c2cccs2)C[C@@]12C(=O)Nc1ccccc12. The lowest BCUT2D eigenvalue weighted by Gasteiger charge is -2.30. The number of hydrogen-bond donors (Lipinski definition) is 2. The number of carbonyl (C=O) groups excluding carboxylic acids is 2. The van der Waals surface area contributed by atoms with Gasteiger partial charge in [-0.15, -0.1) is 11.3 Å². The lowest BCUT2D eigenvalue weighted by Crippen LogP contribution is -2.48. The van der Waals surface area contributed by atoms with Gasteiger partial charge in [-0.05, 0) is 17.5 Å². The van der Waals surface area contributed by atoms with Crippen molar-refractivity contribution in [2.24, 2.45) is 5.10 Å². The van der Waals surface area contributed by atoms with Crippen LogP contribution < -0.4 is 5.32 Å². The molecular weight excluding hydrogens is 354 g/mol. The number of nitrogens with one attached hydrogen (secondary N) is 1. The van der Waals surface area contributed by atoms with Gasteiger partial charge in [0.2, 0.25) is 5.91 Å². The monoisotopic (exact) mass is 369 g/mol. The second-order valence-corrected chi connectivity index (χ2v) is 7.11. The minimum Gasteiger partial charge on any atom is -0.481 e. The molecule has 1 aromatic carbocycles. The molecule has 0 unspecified atom stereocenters. The third kappa shape index (κ3) is 2.41. The maximum Gasteiger partial charge on any atom is 0.303 e. The van der Waals surface area contributed by atoms with Gasteiger partial charge in [0.1, 0.15) is 0 Å². The second-order valence-electron chi connectivity index (χ2n) is 6.16. The standard InChI is InChI=1S/C18H15N3O4S/c22-15(7-8-16(23)24)21-18(10-13(20-21)14-6-3-9-26-14)11-4-1-2-5-12(11)19-17(18)25/h1-6,9H,7-8,10H2,(H,19,25)(H,23,24)/t18-/m1/s1. The van der Waals surface area contributed by atoms with E-state index in [1.165, 1.54) is 16.3 Å². The quantitative estimate of drug-likeness (QED) is 0.864. The third-order valence-corrected chi connectivity index (χ3v) is 5.52. The molecule has 2 aromatic rings. The van der Waals surface area contributed by atoms with Crippen LogP contribution in [0.15, 0.2) is 46.9 Å². The molecule has 2 N–H and O–H groups in total. The summed E-state index contributed by atoms with van der Waals surface area (Å²) in [6, 6.07) is 11.0. The number of fused-ring (bicyclic) bond motifs is 2. The predicted octanol–water partition coefficient (Wildman–Crippen LogP) is 2.40. The van der Waals surface area contributed by atoms with Gasteiger partial charge in [-0.25, -0.2) is 5.01 Å². The summed E-state index contributed by atoms with van der Waals surface area (Å²) in [5, 5.41) is 19.3. The number of benzene rings is 1. The number of rotatable bonds is 4. The van der Waals surface area contributed by atoms with Gasteiger partial charge < -0.3 is 10.4 Å². The van der Waals surface area contributed by atoms with Crippen LogP contribution >= 0.6 is 11.3 Å². The summed E-state index contributed by atoms with van der Waals surface area (Å²) in [5.41, 5.74) is 0.724. The number of anilines is 1. The van der Waals surface area contributed by atoms with Crippen LogP contribution in [0.2, 0.25) is 0 Å². The Hall–Kier alpha value is -3.00. The van der Waals surface area contributed by atoms with Crippen molar-refractivity contribution in [3.63, 3.8) is 0 Å².